The Morgan fingerprint density at radius 1 is 0.423 bits per heavy atom. The molecule has 126 valence electrons. The highest BCUT2D eigenvalue weighted by Crippen LogP contribution is 2.34. The molecule has 0 bridgehead atoms. The monoisotopic (exact) mass is 334 g/mol. The van der Waals surface area contributed by atoms with E-state index in [1.165, 1.54) is 44.5 Å². The molecule has 0 spiro atoms. The van der Waals surface area contributed by atoms with E-state index in [-0.39, 0.29) is 0 Å². The quantitative estimate of drug-likeness (QED) is 0.368. The Kier molecular flexibility index (Phi) is 4.41. The van der Waals surface area contributed by atoms with Crippen LogP contribution in [0, 0.1) is 13.8 Å². The predicted molar refractivity (Wildman–Crippen MR) is 112 cm³/mol. The van der Waals surface area contributed by atoms with E-state index in [4.69, 9.17) is 0 Å². The zero-order valence-electron chi connectivity index (χ0n) is 15.2. The van der Waals surface area contributed by atoms with Crippen LogP contribution in [-0.2, 0) is 0 Å². The van der Waals surface area contributed by atoms with E-state index in [1.54, 1.807) is 0 Å². The van der Waals surface area contributed by atoms with Crippen molar-refractivity contribution in [3.05, 3.63) is 108 Å². The summed E-state index contributed by atoms with van der Waals surface area (Å²) in [4.78, 5) is 0. The summed E-state index contributed by atoms with van der Waals surface area (Å²) in [6.45, 7) is 4.38. The predicted octanol–water partition coefficient (Wildman–Crippen LogP) is 7.30. The highest BCUT2D eigenvalue weighted by molar-refractivity contribution is 5.85. The average Bonchev–Trinajstić information content (AvgIpc) is 2.71. The van der Waals surface area contributed by atoms with Crippen LogP contribution in [0.4, 0.5) is 0 Å². The smallest absolute Gasteiger partial charge is 0.0105 e. The van der Waals surface area contributed by atoms with Crippen LogP contribution < -0.4 is 0 Å². The molecule has 0 N–H and O–H groups in total. The van der Waals surface area contributed by atoms with Gasteiger partial charge in [0.1, 0.15) is 0 Å². The van der Waals surface area contributed by atoms with Gasteiger partial charge in [0.15, 0.2) is 0 Å². The molecule has 0 nitrogen and oxygen atoms in total. The van der Waals surface area contributed by atoms with E-state index in [0.717, 1.165) is 0 Å². The summed E-state index contributed by atoms with van der Waals surface area (Å²) in [6.07, 6.45) is 0. The molecule has 0 atom stereocenters. The van der Waals surface area contributed by atoms with Crippen molar-refractivity contribution in [3.63, 3.8) is 0 Å². The molecule has 0 heteroatoms. The van der Waals surface area contributed by atoms with Gasteiger partial charge in [0, 0.05) is 0 Å². The van der Waals surface area contributed by atoms with E-state index >= 15 is 0 Å². The van der Waals surface area contributed by atoms with Crippen LogP contribution in [0.5, 0.6) is 0 Å². The van der Waals surface area contributed by atoms with Gasteiger partial charge in [-0.3, -0.25) is 0 Å². The molecular weight excluding hydrogens is 312 g/mol. The Morgan fingerprint density at radius 2 is 0.923 bits per heavy atom. The van der Waals surface area contributed by atoms with E-state index in [9.17, 15) is 0 Å². The van der Waals surface area contributed by atoms with Crippen LogP contribution in [0.1, 0.15) is 11.1 Å². The molecule has 0 saturated heterocycles. The van der Waals surface area contributed by atoms with Crippen LogP contribution in [0.3, 0.4) is 0 Å². The van der Waals surface area contributed by atoms with Gasteiger partial charge in [0.05, 0.1) is 0 Å². The third-order valence-corrected chi connectivity index (χ3v) is 5.10. The van der Waals surface area contributed by atoms with Crippen molar-refractivity contribution in [2.24, 2.45) is 0 Å². The van der Waals surface area contributed by atoms with Gasteiger partial charge in [-0.25, -0.2) is 0 Å². The average molecular weight is 334 g/mol. The maximum absolute atomic E-state index is 2.31. The molecule has 0 radical (unpaired) electrons. The van der Waals surface area contributed by atoms with Crippen LogP contribution in [0.25, 0.3) is 33.4 Å². The van der Waals surface area contributed by atoms with Crippen molar-refractivity contribution in [3.8, 4) is 33.4 Å². The molecule has 26 heavy (non-hydrogen) atoms. The Morgan fingerprint density at radius 3 is 1.65 bits per heavy atom. The minimum absolute atomic E-state index is 1.25. The Balaban J connectivity index is 1.85. The number of benzene rings is 4. The minimum atomic E-state index is 1.25. The third-order valence-electron chi connectivity index (χ3n) is 5.10. The van der Waals surface area contributed by atoms with Crippen molar-refractivity contribution in [2.45, 2.75) is 13.8 Å². The van der Waals surface area contributed by atoms with Crippen LogP contribution >= 0.6 is 0 Å². The fraction of sp³-hybridized carbons (Fsp3) is 0.0769. The van der Waals surface area contributed by atoms with Gasteiger partial charge in [0.25, 0.3) is 0 Å². The lowest BCUT2D eigenvalue weighted by Gasteiger charge is -2.13. The SMILES string of the molecule is Cc1cccc(-c2cccc(-c3ccccc3-c3ccccc3)c2)c1C. The fourth-order valence-electron chi connectivity index (χ4n) is 3.52. The van der Waals surface area contributed by atoms with Gasteiger partial charge >= 0.3 is 0 Å². The lowest BCUT2D eigenvalue weighted by Crippen LogP contribution is -1.89. The molecule has 4 aromatic rings. The first-order valence-electron chi connectivity index (χ1n) is 9.05. The molecule has 0 aromatic heterocycles. The van der Waals surface area contributed by atoms with Crippen LogP contribution in [-0.4, -0.2) is 0 Å². The minimum Gasteiger partial charge on any atom is -0.0622 e. The van der Waals surface area contributed by atoms with Crippen molar-refractivity contribution in [1.29, 1.82) is 0 Å². The van der Waals surface area contributed by atoms with Gasteiger partial charge in [0.2, 0.25) is 0 Å². The molecule has 0 amide bonds. The molecule has 0 fully saturated rings. The van der Waals surface area contributed by atoms with E-state index in [2.05, 4.69) is 111 Å². The lowest BCUT2D eigenvalue weighted by atomic mass is 9.91. The summed E-state index contributed by atoms with van der Waals surface area (Å²) in [5.41, 5.74) is 10.3. The Hall–Kier alpha value is -3.12. The van der Waals surface area contributed by atoms with Gasteiger partial charge in [-0.15, -0.1) is 0 Å². The number of hydrogen-bond donors (Lipinski definition) is 0. The normalized spacial score (nSPS) is 10.7. The summed E-state index contributed by atoms with van der Waals surface area (Å²) in [7, 11) is 0. The Labute approximate surface area is 155 Å². The number of aryl methyl sites for hydroxylation is 1. The summed E-state index contributed by atoms with van der Waals surface area (Å²) < 4.78 is 0. The van der Waals surface area contributed by atoms with Gasteiger partial charge in [-0.05, 0) is 64.4 Å². The first kappa shape index (κ1) is 16.4. The van der Waals surface area contributed by atoms with Gasteiger partial charge in [-0.1, -0.05) is 91.0 Å². The molecule has 0 unspecified atom stereocenters. The van der Waals surface area contributed by atoms with Crippen molar-refractivity contribution in [1.82, 2.24) is 0 Å². The van der Waals surface area contributed by atoms with Gasteiger partial charge in [-0.2, -0.15) is 0 Å². The van der Waals surface area contributed by atoms with Gasteiger partial charge < -0.3 is 0 Å². The number of hydrogen-bond acceptors (Lipinski definition) is 0. The maximum Gasteiger partial charge on any atom is -0.0105 e. The summed E-state index contributed by atoms with van der Waals surface area (Å²) in [5, 5.41) is 0. The van der Waals surface area contributed by atoms with Crippen molar-refractivity contribution in [2.75, 3.05) is 0 Å². The van der Waals surface area contributed by atoms with E-state index in [0.29, 0.717) is 0 Å². The van der Waals surface area contributed by atoms with E-state index < -0.39 is 0 Å². The molecule has 0 saturated carbocycles. The topological polar surface area (TPSA) is 0 Å². The summed E-state index contributed by atoms with van der Waals surface area (Å²) >= 11 is 0. The second-order valence-corrected chi connectivity index (χ2v) is 6.74. The second kappa shape index (κ2) is 7.01. The third kappa shape index (κ3) is 3.07. The molecule has 0 aliphatic carbocycles. The zero-order chi connectivity index (χ0) is 17.9. The molecule has 4 rings (SSSR count). The van der Waals surface area contributed by atoms with Crippen LogP contribution in [0.2, 0.25) is 0 Å². The van der Waals surface area contributed by atoms with Crippen molar-refractivity contribution < 1.29 is 0 Å². The largest absolute Gasteiger partial charge is 0.0622 e. The lowest BCUT2D eigenvalue weighted by molar-refractivity contribution is 1.34. The van der Waals surface area contributed by atoms with Crippen molar-refractivity contribution >= 4 is 0 Å². The van der Waals surface area contributed by atoms with E-state index in [1.807, 2.05) is 0 Å². The molecule has 4 aromatic carbocycles. The van der Waals surface area contributed by atoms with Crippen LogP contribution in [0.15, 0.2) is 97.1 Å². The molecule has 0 heterocycles. The molecular formula is C26H22. The highest BCUT2D eigenvalue weighted by Gasteiger charge is 2.09. The Bertz CT molecular complexity index is 1040. The zero-order valence-corrected chi connectivity index (χ0v) is 15.2. The maximum atomic E-state index is 2.31. The highest BCUT2D eigenvalue weighted by atomic mass is 14.1. The summed E-state index contributed by atoms with van der Waals surface area (Å²) in [6, 6.07) is 34.7. The molecule has 0 aliphatic rings. The first-order chi connectivity index (χ1) is 12.7. The molecule has 0 aliphatic heterocycles. The fourth-order valence-corrected chi connectivity index (χ4v) is 3.52. The first-order valence-corrected chi connectivity index (χ1v) is 9.05. The standard InChI is InChI=1S/C26H22/c1-19-10-8-17-24(20(19)2)22-13-9-14-23(18-22)26-16-7-6-15-25(26)21-11-4-3-5-12-21/h3-18H,1-2H3. The number of rotatable bonds is 3. The summed E-state index contributed by atoms with van der Waals surface area (Å²) in [5.74, 6) is 0. The second-order valence-electron chi connectivity index (χ2n) is 6.74.